The summed E-state index contributed by atoms with van der Waals surface area (Å²) in [5, 5.41) is 10.8. The number of rotatable bonds is 0. The largest absolute Gasteiger partial charge is 0.490 e. The Labute approximate surface area is 178 Å². The monoisotopic (exact) mass is 414 g/mol. The number of carbonyl (C=O) groups is 2. The van der Waals surface area contributed by atoms with E-state index in [9.17, 15) is 14.7 Å². The lowest BCUT2D eigenvalue weighted by molar-refractivity contribution is -0.228. The van der Waals surface area contributed by atoms with Gasteiger partial charge in [0, 0.05) is 11.5 Å². The molecule has 0 aromatic carbocycles. The smallest absolute Gasteiger partial charge is 0.342 e. The predicted octanol–water partition coefficient (Wildman–Crippen LogP) is 4.10. The fourth-order valence-electron chi connectivity index (χ4n) is 8.03. The van der Waals surface area contributed by atoms with E-state index < -0.39 is 11.4 Å². The Morgan fingerprint density at radius 2 is 1.70 bits per heavy atom. The van der Waals surface area contributed by atoms with E-state index in [0.29, 0.717) is 11.5 Å². The van der Waals surface area contributed by atoms with Gasteiger partial charge in [-0.05, 0) is 75.2 Å². The van der Waals surface area contributed by atoms with Gasteiger partial charge < -0.3 is 14.6 Å². The van der Waals surface area contributed by atoms with Gasteiger partial charge in [0.1, 0.15) is 23.5 Å². The van der Waals surface area contributed by atoms with Gasteiger partial charge in [-0.3, -0.25) is 4.79 Å². The van der Waals surface area contributed by atoms with Crippen LogP contribution in [0.2, 0.25) is 0 Å². The van der Waals surface area contributed by atoms with Gasteiger partial charge in [0.25, 0.3) is 0 Å². The van der Waals surface area contributed by atoms with Crippen molar-refractivity contribution >= 4 is 11.8 Å². The summed E-state index contributed by atoms with van der Waals surface area (Å²) in [5.74, 6) is 0.711. The van der Waals surface area contributed by atoms with Crippen LogP contribution in [0.4, 0.5) is 0 Å². The zero-order chi connectivity index (χ0) is 21.9. The number of carbonyl (C=O) groups excluding carboxylic acids is 2. The third-order valence-corrected chi connectivity index (χ3v) is 9.85. The maximum absolute atomic E-state index is 13.0. The van der Waals surface area contributed by atoms with Crippen LogP contribution in [0.1, 0.15) is 73.6 Å². The van der Waals surface area contributed by atoms with E-state index in [1.54, 1.807) is 6.92 Å². The van der Waals surface area contributed by atoms with Crippen molar-refractivity contribution in [2.75, 3.05) is 6.61 Å². The minimum atomic E-state index is -0.491. The molecule has 0 unspecified atom stereocenters. The highest BCUT2D eigenvalue weighted by atomic mass is 16.5. The van der Waals surface area contributed by atoms with Gasteiger partial charge in [-0.15, -0.1) is 0 Å². The van der Waals surface area contributed by atoms with E-state index in [2.05, 4.69) is 34.6 Å². The van der Waals surface area contributed by atoms with Gasteiger partial charge in [0.05, 0.1) is 11.5 Å². The van der Waals surface area contributed by atoms with E-state index in [1.165, 1.54) is 0 Å². The maximum Gasteiger partial charge on any atom is 0.342 e. The van der Waals surface area contributed by atoms with Crippen LogP contribution < -0.4 is 0 Å². The lowest BCUT2D eigenvalue weighted by atomic mass is 9.42. The topological polar surface area (TPSA) is 72.8 Å². The Balaban J connectivity index is 1.64. The molecule has 2 saturated carbocycles. The summed E-state index contributed by atoms with van der Waals surface area (Å²) in [6.07, 6.45) is 4.27. The molecular formula is C25H34O5. The second kappa shape index (κ2) is 5.79. The summed E-state index contributed by atoms with van der Waals surface area (Å²) in [4.78, 5) is 25.3. The molecule has 0 amide bonds. The molecule has 0 aromatic heterocycles. The molecule has 5 heteroatoms. The van der Waals surface area contributed by atoms with Crippen LogP contribution in [0.25, 0.3) is 0 Å². The summed E-state index contributed by atoms with van der Waals surface area (Å²) < 4.78 is 12.1. The molecular weight excluding hydrogens is 380 g/mol. The van der Waals surface area contributed by atoms with Crippen LogP contribution in [0.15, 0.2) is 22.5 Å². The Bertz CT molecular complexity index is 926. The van der Waals surface area contributed by atoms with Crippen LogP contribution in [-0.2, 0) is 19.1 Å². The van der Waals surface area contributed by atoms with Crippen molar-refractivity contribution in [1.82, 2.24) is 0 Å². The summed E-state index contributed by atoms with van der Waals surface area (Å²) in [5.41, 5.74) is 0.658. The van der Waals surface area contributed by atoms with E-state index in [1.807, 2.05) is 0 Å². The molecule has 2 heterocycles. The summed E-state index contributed by atoms with van der Waals surface area (Å²) >= 11 is 0. The summed E-state index contributed by atoms with van der Waals surface area (Å²) in [6, 6.07) is 0. The van der Waals surface area contributed by atoms with Crippen LogP contribution in [-0.4, -0.2) is 35.2 Å². The first-order valence-corrected chi connectivity index (χ1v) is 11.4. The normalized spacial score (nSPS) is 47.1. The summed E-state index contributed by atoms with van der Waals surface area (Å²) in [7, 11) is 0. The molecule has 0 radical (unpaired) electrons. The maximum atomic E-state index is 13.0. The molecule has 164 valence electrons. The Hall–Kier alpha value is -1.62. The van der Waals surface area contributed by atoms with E-state index in [0.717, 1.165) is 43.4 Å². The highest BCUT2D eigenvalue weighted by Crippen LogP contribution is 2.69. The van der Waals surface area contributed by atoms with E-state index in [-0.39, 0.29) is 46.4 Å². The average Bonchev–Trinajstić information content (AvgIpc) is 3.06. The van der Waals surface area contributed by atoms with Crippen LogP contribution in [0, 0.1) is 28.1 Å². The number of allylic oxidation sites excluding steroid dienone is 2. The number of ketones is 1. The fourth-order valence-corrected chi connectivity index (χ4v) is 8.03. The third-order valence-electron chi connectivity index (χ3n) is 9.85. The molecule has 6 atom stereocenters. The Morgan fingerprint density at radius 1 is 1.00 bits per heavy atom. The first-order valence-electron chi connectivity index (χ1n) is 11.4. The number of fused-ring (bicyclic) bond motifs is 5. The third kappa shape index (κ3) is 2.23. The molecule has 3 aliphatic carbocycles. The number of hydrogen-bond donors (Lipinski definition) is 1. The second-order valence-electron chi connectivity index (χ2n) is 11.7. The molecule has 1 N–H and O–H groups in total. The molecule has 0 spiro atoms. The van der Waals surface area contributed by atoms with Crippen molar-refractivity contribution in [3.63, 3.8) is 0 Å². The van der Waals surface area contributed by atoms with Crippen molar-refractivity contribution < 1.29 is 24.2 Å². The summed E-state index contributed by atoms with van der Waals surface area (Å²) in [6.45, 7) is 13.1. The average molecular weight is 415 g/mol. The molecule has 1 saturated heterocycles. The van der Waals surface area contributed by atoms with Crippen LogP contribution in [0.5, 0.6) is 0 Å². The van der Waals surface area contributed by atoms with Crippen molar-refractivity contribution in [3.05, 3.63) is 22.5 Å². The lowest BCUT2D eigenvalue weighted by Crippen LogP contribution is -2.64. The number of ether oxygens (including phenoxy) is 2. The second-order valence-corrected chi connectivity index (χ2v) is 11.7. The molecule has 0 bridgehead atoms. The number of hydrogen-bond acceptors (Lipinski definition) is 5. The minimum absolute atomic E-state index is 0.0316. The number of Topliss-reactive ketones (excluding diaryl/α,β-unsaturated/α-hetero) is 1. The van der Waals surface area contributed by atoms with Crippen molar-refractivity contribution in [2.45, 2.75) is 85.4 Å². The quantitative estimate of drug-likeness (QED) is 0.477. The van der Waals surface area contributed by atoms with Gasteiger partial charge in [0.2, 0.25) is 0 Å². The standard InChI is InChI=1S/C25H34O5/c1-13-19(27)18-14(12-29-21(18)28)24(5)11-16-23(4)9-8-17(26)22(2,3)15(23)7-10-25(16,6)30-20(13)24/h15-17,26H,7-12H2,1-6H3/t15-,16-,17-,23-,24+,25-/m0/s1. The first kappa shape index (κ1) is 20.3. The molecule has 0 aromatic rings. The minimum Gasteiger partial charge on any atom is -0.490 e. The molecule has 2 aliphatic heterocycles. The lowest BCUT2D eigenvalue weighted by Gasteiger charge is -2.66. The molecule has 5 rings (SSSR count). The van der Waals surface area contributed by atoms with Crippen molar-refractivity contribution in [2.24, 2.45) is 28.1 Å². The SMILES string of the molecule is CC1=C2O[C@@]3(C)CC[C@H]4C(C)(C)[C@@H](O)CC[C@]4(C)[C@@H]3C[C@]2(C)C2=C(C(=O)OC2)C1=O. The van der Waals surface area contributed by atoms with Gasteiger partial charge in [-0.25, -0.2) is 4.79 Å². The number of aliphatic hydroxyl groups is 1. The molecule has 5 aliphatic rings. The number of aliphatic hydroxyl groups excluding tert-OH is 1. The molecule has 5 nitrogen and oxygen atoms in total. The van der Waals surface area contributed by atoms with E-state index in [4.69, 9.17) is 9.47 Å². The fraction of sp³-hybridized carbons (Fsp3) is 0.760. The zero-order valence-electron chi connectivity index (χ0n) is 19.1. The molecule has 3 fully saturated rings. The van der Waals surface area contributed by atoms with Crippen molar-refractivity contribution in [3.8, 4) is 0 Å². The van der Waals surface area contributed by atoms with Gasteiger partial charge in [-0.2, -0.15) is 0 Å². The van der Waals surface area contributed by atoms with Crippen LogP contribution in [0.3, 0.4) is 0 Å². The zero-order valence-corrected chi connectivity index (χ0v) is 19.1. The number of esters is 1. The Kier molecular flexibility index (Phi) is 3.91. The van der Waals surface area contributed by atoms with Gasteiger partial charge >= 0.3 is 5.97 Å². The highest BCUT2D eigenvalue weighted by molar-refractivity contribution is 6.26. The Morgan fingerprint density at radius 3 is 2.40 bits per heavy atom. The van der Waals surface area contributed by atoms with Crippen molar-refractivity contribution in [1.29, 1.82) is 0 Å². The van der Waals surface area contributed by atoms with Gasteiger partial charge in [-0.1, -0.05) is 20.8 Å². The van der Waals surface area contributed by atoms with Gasteiger partial charge in [0.15, 0.2) is 5.78 Å². The number of cyclic esters (lactones) is 1. The van der Waals surface area contributed by atoms with Crippen LogP contribution >= 0.6 is 0 Å². The highest BCUT2D eigenvalue weighted by Gasteiger charge is 2.66. The predicted molar refractivity (Wildman–Crippen MR) is 111 cm³/mol. The van der Waals surface area contributed by atoms with E-state index >= 15 is 0 Å². The first-order chi connectivity index (χ1) is 13.9. The molecule has 30 heavy (non-hydrogen) atoms.